The highest BCUT2D eigenvalue weighted by molar-refractivity contribution is 7.88. The van der Waals surface area contributed by atoms with Crippen molar-refractivity contribution in [2.24, 2.45) is 0 Å². The number of nitrogens with zero attached hydrogens (tertiary/aromatic N) is 1. The van der Waals surface area contributed by atoms with Gasteiger partial charge in [-0.1, -0.05) is 12.1 Å². The van der Waals surface area contributed by atoms with Crippen molar-refractivity contribution >= 4 is 16.0 Å². The number of methoxy groups -OCH3 is 1. The quantitative estimate of drug-likeness (QED) is 0.817. The second-order valence-electron chi connectivity index (χ2n) is 5.63. The average molecular weight is 326 g/mol. The molecule has 0 saturated carbocycles. The highest BCUT2D eigenvalue weighted by Gasteiger charge is 2.21. The van der Waals surface area contributed by atoms with Crippen LogP contribution in [0.5, 0.6) is 0 Å². The number of rotatable bonds is 5. The van der Waals surface area contributed by atoms with E-state index in [9.17, 15) is 13.2 Å². The highest BCUT2D eigenvalue weighted by atomic mass is 32.2. The molecule has 0 bridgehead atoms. The normalized spacial score (nSPS) is 17.4. The van der Waals surface area contributed by atoms with Crippen LogP contribution in [-0.2, 0) is 21.3 Å². The first kappa shape index (κ1) is 16.9. The number of esters is 1. The third-order valence-electron chi connectivity index (χ3n) is 3.75. The number of piperidine rings is 1. The van der Waals surface area contributed by atoms with Gasteiger partial charge in [0, 0.05) is 25.7 Å². The average Bonchev–Trinajstić information content (AvgIpc) is 2.48. The van der Waals surface area contributed by atoms with Crippen molar-refractivity contribution in [3.05, 3.63) is 35.4 Å². The summed E-state index contributed by atoms with van der Waals surface area (Å²) in [4.78, 5) is 13.7. The predicted octanol–water partition coefficient (Wildman–Crippen LogP) is 0.987. The Morgan fingerprint density at radius 3 is 2.36 bits per heavy atom. The fourth-order valence-corrected chi connectivity index (χ4v) is 3.48. The molecule has 1 aromatic carbocycles. The van der Waals surface area contributed by atoms with E-state index in [1.165, 1.54) is 13.4 Å². The molecule has 0 unspecified atom stereocenters. The summed E-state index contributed by atoms with van der Waals surface area (Å²) in [6.45, 7) is 2.50. The Bertz CT molecular complexity index is 605. The van der Waals surface area contributed by atoms with E-state index in [1.807, 2.05) is 12.1 Å². The largest absolute Gasteiger partial charge is 0.465 e. The van der Waals surface area contributed by atoms with E-state index in [1.54, 1.807) is 12.1 Å². The number of hydrogen-bond acceptors (Lipinski definition) is 5. The summed E-state index contributed by atoms with van der Waals surface area (Å²) in [5.41, 5.74) is 1.67. The minimum Gasteiger partial charge on any atom is -0.465 e. The first-order chi connectivity index (χ1) is 10.4. The van der Waals surface area contributed by atoms with Gasteiger partial charge in [0.2, 0.25) is 10.0 Å². The highest BCUT2D eigenvalue weighted by Crippen LogP contribution is 2.15. The third-order valence-corrected chi connectivity index (χ3v) is 4.51. The second-order valence-corrected chi connectivity index (χ2v) is 7.41. The van der Waals surface area contributed by atoms with Crippen LogP contribution in [0.4, 0.5) is 0 Å². The van der Waals surface area contributed by atoms with Crippen molar-refractivity contribution < 1.29 is 17.9 Å². The van der Waals surface area contributed by atoms with Gasteiger partial charge in [0.05, 0.1) is 18.9 Å². The lowest BCUT2D eigenvalue weighted by Crippen LogP contribution is -2.43. The first-order valence-corrected chi connectivity index (χ1v) is 9.13. The molecule has 1 aliphatic rings. The van der Waals surface area contributed by atoms with Gasteiger partial charge in [-0.25, -0.2) is 17.9 Å². The van der Waals surface area contributed by atoms with Crippen LogP contribution in [0.15, 0.2) is 24.3 Å². The molecule has 1 saturated heterocycles. The third kappa shape index (κ3) is 5.08. The maximum Gasteiger partial charge on any atom is 0.337 e. The van der Waals surface area contributed by atoms with Crippen LogP contribution in [0.3, 0.4) is 0 Å². The summed E-state index contributed by atoms with van der Waals surface area (Å²) in [5.74, 6) is -0.334. The van der Waals surface area contributed by atoms with Crippen LogP contribution in [0, 0.1) is 0 Å². The van der Waals surface area contributed by atoms with Crippen LogP contribution < -0.4 is 4.72 Å². The Balaban J connectivity index is 1.84. The SMILES string of the molecule is COC(=O)c1ccc(CN2CCC(NS(C)(=O)=O)CC2)cc1. The van der Waals surface area contributed by atoms with E-state index in [4.69, 9.17) is 0 Å². The number of carbonyl (C=O) groups is 1. The summed E-state index contributed by atoms with van der Waals surface area (Å²) in [6.07, 6.45) is 2.82. The number of likely N-dealkylation sites (tertiary alicyclic amines) is 1. The molecule has 1 heterocycles. The molecule has 1 N–H and O–H groups in total. The van der Waals surface area contributed by atoms with Gasteiger partial charge in [0.1, 0.15) is 0 Å². The lowest BCUT2D eigenvalue weighted by atomic mass is 10.0. The van der Waals surface area contributed by atoms with Gasteiger partial charge in [-0.15, -0.1) is 0 Å². The number of benzene rings is 1. The maximum atomic E-state index is 11.4. The second kappa shape index (κ2) is 7.21. The molecule has 1 fully saturated rings. The first-order valence-electron chi connectivity index (χ1n) is 7.24. The fraction of sp³-hybridized carbons (Fsp3) is 0.533. The van der Waals surface area contributed by atoms with Gasteiger partial charge in [-0.2, -0.15) is 0 Å². The number of ether oxygens (including phenoxy) is 1. The van der Waals surface area contributed by atoms with Gasteiger partial charge in [-0.3, -0.25) is 4.90 Å². The number of sulfonamides is 1. The summed E-state index contributed by atoms with van der Waals surface area (Å²) < 4.78 is 29.8. The number of hydrogen-bond donors (Lipinski definition) is 1. The maximum absolute atomic E-state index is 11.4. The zero-order valence-corrected chi connectivity index (χ0v) is 13.7. The van der Waals surface area contributed by atoms with Crippen molar-refractivity contribution in [3.8, 4) is 0 Å². The van der Waals surface area contributed by atoms with E-state index in [-0.39, 0.29) is 12.0 Å². The molecule has 0 amide bonds. The molecule has 2 rings (SSSR count). The number of carbonyl (C=O) groups excluding carboxylic acids is 1. The molecule has 122 valence electrons. The lowest BCUT2D eigenvalue weighted by Gasteiger charge is -2.31. The van der Waals surface area contributed by atoms with Crippen LogP contribution in [0.1, 0.15) is 28.8 Å². The van der Waals surface area contributed by atoms with E-state index in [0.717, 1.165) is 38.0 Å². The van der Waals surface area contributed by atoms with Crippen LogP contribution in [-0.4, -0.2) is 51.8 Å². The van der Waals surface area contributed by atoms with Gasteiger partial charge in [-0.05, 0) is 30.5 Å². The Hall–Kier alpha value is -1.44. The minimum atomic E-state index is -3.13. The molecule has 0 spiro atoms. The summed E-state index contributed by atoms with van der Waals surface area (Å²) in [7, 11) is -1.76. The molecule has 0 atom stereocenters. The van der Waals surface area contributed by atoms with Gasteiger partial charge >= 0.3 is 5.97 Å². The van der Waals surface area contributed by atoms with Crippen molar-refractivity contribution in [2.75, 3.05) is 26.5 Å². The van der Waals surface area contributed by atoms with Gasteiger partial charge < -0.3 is 4.74 Å². The van der Waals surface area contributed by atoms with E-state index in [2.05, 4.69) is 14.4 Å². The van der Waals surface area contributed by atoms with Crippen molar-refractivity contribution in [3.63, 3.8) is 0 Å². The smallest absolute Gasteiger partial charge is 0.337 e. The van der Waals surface area contributed by atoms with E-state index < -0.39 is 10.0 Å². The zero-order chi connectivity index (χ0) is 16.2. The molecule has 0 aliphatic carbocycles. The molecule has 0 radical (unpaired) electrons. The lowest BCUT2D eigenvalue weighted by molar-refractivity contribution is 0.0600. The number of nitrogens with one attached hydrogen (secondary N) is 1. The van der Waals surface area contributed by atoms with E-state index >= 15 is 0 Å². The Morgan fingerprint density at radius 1 is 1.27 bits per heavy atom. The van der Waals surface area contributed by atoms with Crippen LogP contribution in [0.25, 0.3) is 0 Å². The van der Waals surface area contributed by atoms with Crippen LogP contribution >= 0.6 is 0 Å². The van der Waals surface area contributed by atoms with Crippen molar-refractivity contribution in [2.45, 2.75) is 25.4 Å². The van der Waals surface area contributed by atoms with E-state index in [0.29, 0.717) is 5.56 Å². The topological polar surface area (TPSA) is 75.7 Å². The van der Waals surface area contributed by atoms with Gasteiger partial charge in [0.25, 0.3) is 0 Å². The summed E-state index contributed by atoms with van der Waals surface area (Å²) in [5, 5.41) is 0. The molecule has 1 aromatic rings. The van der Waals surface area contributed by atoms with Crippen molar-refractivity contribution in [1.29, 1.82) is 0 Å². The molecule has 6 nitrogen and oxygen atoms in total. The van der Waals surface area contributed by atoms with Gasteiger partial charge in [0.15, 0.2) is 0 Å². The molecular formula is C15H22N2O4S. The molecule has 7 heteroatoms. The molecule has 0 aromatic heterocycles. The Kier molecular flexibility index (Phi) is 5.55. The fourth-order valence-electron chi connectivity index (χ4n) is 2.63. The summed E-state index contributed by atoms with van der Waals surface area (Å²) >= 11 is 0. The van der Waals surface area contributed by atoms with Crippen LogP contribution in [0.2, 0.25) is 0 Å². The zero-order valence-electron chi connectivity index (χ0n) is 12.9. The predicted molar refractivity (Wildman–Crippen MR) is 84.1 cm³/mol. The summed E-state index contributed by atoms with van der Waals surface area (Å²) in [6, 6.07) is 7.41. The monoisotopic (exact) mass is 326 g/mol. The molecular weight excluding hydrogens is 304 g/mol. The molecule has 22 heavy (non-hydrogen) atoms. The standard InChI is InChI=1S/C15H22N2O4S/c1-21-15(18)13-5-3-12(4-6-13)11-17-9-7-14(8-10-17)16-22(2,19)20/h3-6,14,16H,7-11H2,1-2H3. The molecule has 1 aliphatic heterocycles. The van der Waals surface area contributed by atoms with Crippen molar-refractivity contribution in [1.82, 2.24) is 9.62 Å². The Labute approximate surface area is 131 Å². The minimum absolute atomic E-state index is 0.0351. The Morgan fingerprint density at radius 2 is 1.86 bits per heavy atom.